The summed E-state index contributed by atoms with van der Waals surface area (Å²) in [5, 5.41) is 11.7. The standard InChI is InChI=1S/C28H28N6OS/c35-28(34-16-17-36-20-34)22-10-11-26(29-19-22)32-12-14-33(15-13-32)27-24-9-5-4-8-23(24)25(30-31-27)18-21-6-2-1-3-7-21/h1-11,19H,12-18,20H2. The lowest BCUT2D eigenvalue weighted by Crippen LogP contribution is -2.47. The zero-order valence-corrected chi connectivity index (χ0v) is 20.9. The molecule has 2 aromatic carbocycles. The molecule has 2 aliphatic rings. The van der Waals surface area contributed by atoms with Crippen LogP contribution in [0, 0.1) is 0 Å². The number of hydrogen-bond acceptors (Lipinski definition) is 7. The van der Waals surface area contributed by atoms with Crippen LogP contribution in [0.5, 0.6) is 0 Å². The maximum absolute atomic E-state index is 12.6. The van der Waals surface area contributed by atoms with Gasteiger partial charge in [-0.1, -0.05) is 54.6 Å². The van der Waals surface area contributed by atoms with Crippen LogP contribution in [-0.4, -0.2) is 70.3 Å². The number of aromatic nitrogens is 3. The highest BCUT2D eigenvalue weighted by molar-refractivity contribution is 7.99. The van der Waals surface area contributed by atoms with Crippen LogP contribution in [-0.2, 0) is 6.42 Å². The minimum Gasteiger partial charge on any atom is -0.353 e. The molecule has 0 atom stereocenters. The number of amides is 1. The SMILES string of the molecule is O=C(c1ccc(N2CCN(c3nnc(Cc4ccccc4)c4ccccc34)CC2)nc1)N1CCSC1. The molecule has 0 N–H and O–H groups in total. The number of thioether (sulfide) groups is 1. The minimum atomic E-state index is 0.0741. The largest absolute Gasteiger partial charge is 0.353 e. The lowest BCUT2D eigenvalue weighted by Gasteiger charge is -2.36. The van der Waals surface area contributed by atoms with E-state index < -0.39 is 0 Å². The van der Waals surface area contributed by atoms with Crippen LogP contribution in [0.3, 0.4) is 0 Å². The molecule has 2 aliphatic heterocycles. The van der Waals surface area contributed by atoms with Crippen LogP contribution < -0.4 is 9.80 Å². The average molecular weight is 497 g/mol. The van der Waals surface area contributed by atoms with Gasteiger partial charge in [0.05, 0.1) is 17.1 Å². The third kappa shape index (κ3) is 4.60. The topological polar surface area (TPSA) is 65.5 Å². The number of fused-ring (bicyclic) bond motifs is 1. The minimum absolute atomic E-state index is 0.0741. The van der Waals surface area contributed by atoms with Crippen LogP contribution >= 0.6 is 11.8 Å². The van der Waals surface area contributed by atoms with E-state index in [0.29, 0.717) is 5.56 Å². The number of benzene rings is 2. The molecular weight excluding hydrogens is 468 g/mol. The van der Waals surface area contributed by atoms with Crippen molar-refractivity contribution in [2.45, 2.75) is 6.42 Å². The third-order valence-electron chi connectivity index (χ3n) is 6.90. The summed E-state index contributed by atoms with van der Waals surface area (Å²) in [6, 6.07) is 22.7. The van der Waals surface area contributed by atoms with Gasteiger partial charge in [0.2, 0.25) is 0 Å². The Labute approximate surface area is 215 Å². The molecule has 6 rings (SSSR count). The normalized spacial score (nSPS) is 16.1. The first-order valence-electron chi connectivity index (χ1n) is 12.4. The van der Waals surface area contributed by atoms with Gasteiger partial charge in [-0.05, 0) is 17.7 Å². The predicted molar refractivity (Wildman–Crippen MR) is 146 cm³/mol. The molecule has 182 valence electrons. The molecule has 8 heteroatoms. The summed E-state index contributed by atoms with van der Waals surface area (Å²) in [7, 11) is 0. The number of anilines is 2. The van der Waals surface area contributed by atoms with Gasteiger partial charge in [0.1, 0.15) is 5.82 Å². The molecule has 36 heavy (non-hydrogen) atoms. The Morgan fingerprint density at radius 3 is 2.28 bits per heavy atom. The van der Waals surface area contributed by atoms with Crippen molar-refractivity contribution in [3.05, 3.63) is 89.7 Å². The van der Waals surface area contributed by atoms with Gasteiger partial charge in [0.15, 0.2) is 5.82 Å². The monoisotopic (exact) mass is 496 g/mol. The van der Waals surface area contributed by atoms with Gasteiger partial charge in [0.25, 0.3) is 5.91 Å². The second kappa shape index (κ2) is 10.1. The number of nitrogens with zero attached hydrogens (tertiary/aromatic N) is 6. The molecule has 0 spiro atoms. The number of rotatable bonds is 5. The average Bonchev–Trinajstić information content (AvgIpc) is 3.49. The second-order valence-corrected chi connectivity index (χ2v) is 10.2. The summed E-state index contributed by atoms with van der Waals surface area (Å²) < 4.78 is 0. The molecule has 2 fully saturated rings. The quantitative estimate of drug-likeness (QED) is 0.412. The van der Waals surface area contributed by atoms with Crippen molar-refractivity contribution in [1.29, 1.82) is 0 Å². The lowest BCUT2D eigenvalue weighted by atomic mass is 10.0. The lowest BCUT2D eigenvalue weighted by molar-refractivity contribution is 0.0802. The molecule has 7 nitrogen and oxygen atoms in total. The maximum atomic E-state index is 12.6. The Hall–Kier alpha value is -3.65. The van der Waals surface area contributed by atoms with E-state index in [1.807, 2.05) is 23.1 Å². The van der Waals surface area contributed by atoms with Crippen LogP contribution in [0.2, 0.25) is 0 Å². The fourth-order valence-electron chi connectivity index (χ4n) is 4.90. The molecule has 0 aliphatic carbocycles. The van der Waals surface area contributed by atoms with Crippen molar-refractivity contribution in [2.24, 2.45) is 0 Å². The molecule has 0 unspecified atom stereocenters. The van der Waals surface area contributed by atoms with Crippen molar-refractivity contribution >= 4 is 40.1 Å². The maximum Gasteiger partial charge on any atom is 0.256 e. The van der Waals surface area contributed by atoms with E-state index in [9.17, 15) is 4.79 Å². The van der Waals surface area contributed by atoms with E-state index in [2.05, 4.69) is 68.4 Å². The van der Waals surface area contributed by atoms with Gasteiger partial charge < -0.3 is 14.7 Å². The predicted octanol–water partition coefficient (Wildman–Crippen LogP) is 4.09. The second-order valence-electron chi connectivity index (χ2n) is 9.16. The summed E-state index contributed by atoms with van der Waals surface area (Å²) in [4.78, 5) is 23.7. The van der Waals surface area contributed by atoms with Gasteiger partial charge in [-0.25, -0.2) is 4.98 Å². The van der Waals surface area contributed by atoms with Crippen molar-refractivity contribution in [1.82, 2.24) is 20.1 Å². The molecule has 1 amide bonds. The van der Waals surface area contributed by atoms with E-state index >= 15 is 0 Å². The summed E-state index contributed by atoms with van der Waals surface area (Å²) in [6.45, 7) is 4.17. The number of pyridine rings is 1. The van der Waals surface area contributed by atoms with Gasteiger partial charge in [-0.3, -0.25) is 4.79 Å². The Kier molecular flexibility index (Phi) is 6.42. The zero-order chi connectivity index (χ0) is 24.3. The first-order valence-corrected chi connectivity index (χ1v) is 13.5. The van der Waals surface area contributed by atoms with Gasteiger partial charge in [-0.2, -0.15) is 5.10 Å². The molecule has 0 radical (unpaired) electrons. The summed E-state index contributed by atoms with van der Waals surface area (Å²) in [5.41, 5.74) is 2.90. The molecular formula is C28H28N6OS. The third-order valence-corrected chi connectivity index (χ3v) is 7.86. The first kappa shape index (κ1) is 22.8. The molecule has 0 bridgehead atoms. The van der Waals surface area contributed by atoms with E-state index in [1.165, 1.54) is 5.56 Å². The smallest absolute Gasteiger partial charge is 0.256 e. The van der Waals surface area contributed by atoms with E-state index in [1.54, 1.807) is 18.0 Å². The van der Waals surface area contributed by atoms with E-state index in [4.69, 9.17) is 5.10 Å². The van der Waals surface area contributed by atoms with E-state index in [0.717, 1.165) is 78.9 Å². The number of carbonyl (C=O) groups is 1. The summed E-state index contributed by atoms with van der Waals surface area (Å²) in [5.74, 6) is 3.71. The Bertz CT molecular complexity index is 1350. The van der Waals surface area contributed by atoms with Crippen molar-refractivity contribution < 1.29 is 4.79 Å². The first-order chi connectivity index (χ1) is 17.8. The van der Waals surface area contributed by atoms with E-state index in [-0.39, 0.29) is 5.91 Å². The van der Waals surface area contributed by atoms with Gasteiger partial charge >= 0.3 is 0 Å². The van der Waals surface area contributed by atoms with Crippen LogP contribution in [0.1, 0.15) is 21.6 Å². The number of piperazine rings is 1. The highest BCUT2D eigenvalue weighted by Crippen LogP contribution is 2.28. The Morgan fingerprint density at radius 1 is 0.806 bits per heavy atom. The van der Waals surface area contributed by atoms with Crippen molar-refractivity contribution in [2.75, 3.05) is 54.2 Å². The van der Waals surface area contributed by atoms with Gasteiger partial charge in [-0.15, -0.1) is 16.9 Å². The van der Waals surface area contributed by atoms with Crippen LogP contribution in [0.15, 0.2) is 72.9 Å². The van der Waals surface area contributed by atoms with Crippen molar-refractivity contribution in [3.8, 4) is 0 Å². The summed E-state index contributed by atoms with van der Waals surface area (Å²) in [6.07, 6.45) is 2.49. The molecule has 2 aromatic heterocycles. The van der Waals surface area contributed by atoms with Crippen molar-refractivity contribution in [3.63, 3.8) is 0 Å². The van der Waals surface area contributed by atoms with Crippen LogP contribution in [0.25, 0.3) is 10.8 Å². The number of hydrogen-bond donors (Lipinski definition) is 0. The Morgan fingerprint density at radius 2 is 1.56 bits per heavy atom. The fourth-order valence-corrected chi connectivity index (χ4v) is 5.85. The molecule has 4 heterocycles. The summed E-state index contributed by atoms with van der Waals surface area (Å²) >= 11 is 1.79. The molecule has 4 aromatic rings. The number of carbonyl (C=O) groups excluding carboxylic acids is 1. The Balaban J connectivity index is 1.15. The van der Waals surface area contributed by atoms with Gasteiger partial charge in [0, 0.05) is 61.9 Å². The zero-order valence-electron chi connectivity index (χ0n) is 20.1. The highest BCUT2D eigenvalue weighted by Gasteiger charge is 2.23. The fraction of sp³-hybridized carbons (Fsp3) is 0.286. The molecule has 0 saturated carbocycles. The van der Waals surface area contributed by atoms with Crippen LogP contribution in [0.4, 0.5) is 11.6 Å². The molecule has 2 saturated heterocycles. The highest BCUT2D eigenvalue weighted by atomic mass is 32.2.